The quantitative estimate of drug-likeness (QED) is 0.515. The highest BCUT2D eigenvalue weighted by Crippen LogP contribution is 2.10. The first-order valence-corrected chi connectivity index (χ1v) is 3.94. The lowest BCUT2D eigenvalue weighted by molar-refractivity contribution is 1.24. The van der Waals surface area contributed by atoms with Gasteiger partial charge in [-0.1, -0.05) is 37.5 Å². The van der Waals surface area contributed by atoms with Crippen LogP contribution >= 0.6 is 0 Å². The van der Waals surface area contributed by atoms with Gasteiger partial charge in [-0.05, 0) is 18.1 Å². The molecule has 0 spiro atoms. The molecule has 0 aliphatic carbocycles. The van der Waals surface area contributed by atoms with Crippen LogP contribution in [0.4, 0.5) is 0 Å². The van der Waals surface area contributed by atoms with Crippen molar-refractivity contribution in [2.75, 3.05) is 6.54 Å². The van der Waals surface area contributed by atoms with Crippen molar-refractivity contribution >= 4 is 5.71 Å². The van der Waals surface area contributed by atoms with Gasteiger partial charge >= 0.3 is 0 Å². The first-order valence-electron chi connectivity index (χ1n) is 3.94. The first kappa shape index (κ1) is 8.72. The SMILES string of the molecule is C=C1/C=C\C=C/C/N=C(/C)C1=C. The van der Waals surface area contributed by atoms with Crippen molar-refractivity contribution in [3.05, 3.63) is 48.6 Å². The summed E-state index contributed by atoms with van der Waals surface area (Å²) in [5.41, 5.74) is 2.83. The zero-order valence-electron chi connectivity index (χ0n) is 7.38. The highest BCUT2D eigenvalue weighted by atomic mass is 14.7. The molecule has 1 nitrogen and oxygen atoms in total. The Labute approximate surface area is 73.5 Å². The molecule has 1 aliphatic rings. The Balaban J connectivity index is 2.95. The minimum Gasteiger partial charge on any atom is -0.285 e. The summed E-state index contributed by atoms with van der Waals surface area (Å²) in [6.45, 7) is 10.5. The summed E-state index contributed by atoms with van der Waals surface area (Å²) in [5.74, 6) is 0. The lowest BCUT2D eigenvalue weighted by Crippen LogP contribution is -1.97. The Bertz CT molecular complexity index is 286. The molecule has 0 N–H and O–H groups in total. The van der Waals surface area contributed by atoms with E-state index >= 15 is 0 Å². The van der Waals surface area contributed by atoms with Crippen molar-refractivity contribution in [1.82, 2.24) is 0 Å². The molecule has 0 atom stereocenters. The van der Waals surface area contributed by atoms with Crippen LogP contribution in [0.3, 0.4) is 0 Å². The molecule has 0 bridgehead atoms. The molecule has 0 saturated carbocycles. The van der Waals surface area contributed by atoms with Crippen molar-refractivity contribution in [2.45, 2.75) is 6.92 Å². The lowest BCUT2D eigenvalue weighted by Gasteiger charge is -2.02. The van der Waals surface area contributed by atoms with Crippen molar-refractivity contribution < 1.29 is 0 Å². The Morgan fingerprint density at radius 1 is 1.33 bits per heavy atom. The van der Waals surface area contributed by atoms with Gasteiger partial charge in [0.2, 0.25) is 0 Å². The Morgan fingerprint density at radius 2 is 2.08 bits per heavy atom. The van der Waals surface area contributed by atoms with Crippen LogP contribution in [0, 0.1) is 0 Å². The zero-order chi connectivity index (χ0) is 8.97. The summed E-state index contributed by atoms with van der Waals surface area (Å²) in [4.78, 5) is 4.30. The minimum atomic E-state index is 0.725. The molecule has 0 aromatic heterocycles. The van der Waals surface area contributed by atoms with Crippen LogP contribution in [0.1, 0.15) is 6.92 Å². The molecule has 0 saturated heterocycles. The standard InChI is InChI=1S/C11H13N/c1-9-7-5-4-6-8-12-11(3)10(9)2/h4-7H,1-2,8H2,3H3/b6-4-,7-5-,12-11-. The Hall–Kier alpha value is -1.37. The van der Waals surface area contributed by atoms with Gasteiger partial charge in [0.1, 0.15) is 0 Å². The molecule has 1 rings (SSSR count). The van der Waals surface area contributed by atoms with Gasteiger partial charge in [-0.2, -0.15) is 0 Å². The van der Waals surface area contributed by atoms with Gasteiger partial charge in [0.05, 0.1) is 6.54 Å². The molecule has 0 unspecified atom stereocenters. The summed E-state index contributed by atoms with van der Waals surface area (Å²) < 4.78 is 0. The van der Waals surface area contributed by atoms with Gasteiger partial charge in [-0.3, -0.25) is 4.99 Å². The Kier molecular flexibility index (Phi) is 2.81. The van der Waals surface area contributed by atoms with E-state index in [2.05, 4.69) is 18.2 Å². The van der Waals surface area contributed by atoms with Crippen LogP contribution in [-0.4, -0.2) is 12.3 Å². The van der Waals surface area contributed by atoms with E-state index in [0.717, 1.165) is 23.4 Å². The normalized spacial score (nSPS) is 27.9. The third kappa shape index (κ3) is 2.06. The second kappa shape index (κ2) is 3.86. The van der Waals surface area contributed by atoms with E-state index in [1.54, 1.807) is 0 Å². The van der Waals surface area contributed by atoms with Gasteiger partial charge in [-0.25, -0.2) is 0 Å². The number of rotatable bonds is 0. The van der Waals surface area contributed by atoms with Crippen LogP contribution in [0.25, 0.3) is 0 Å². The third-order valence-electron chi connectivity index (χ3n) is 1.80. The van der Waals surface area contributed by atoms with E-state index in [4.69, 9.17) is 0 Å². The van der Waals surface area contributed by atoms with E-state index in [9.17, 15) is 0 Å². The second-order valence-electron chi connectivity index (χ2n) is 2.72. The predicted molar refractivity (Wildman–Crippen MR) is 54.5 cm³/mol. The van der Waals surface area contributed by atoms with Crippen molar-refractivity contribution in [3.63, 3.8) is 0 Å². The molecule has 0 amide bonds. The number of aliphatic imine (C=N–C) groups is 1. The number of nitrogens with zero attached hydrogens (tertiary/aromatic N) is 1. The van der Waals surface area contributed by atoms with Crippen molar-refractivity contribution in [2.24, 2.45) is 4.99 Å². The summed E-state index contributed by atoms with van der Waals surface area (Å²) in [6, 6.07) is 0. The minimum absolute atomic E-state index is 0.725. The molecule has 0 radical (unpaired) electrons. The van der Waals surface area contributed by atoms with Gasteiger partial charge in [0, 0.05) is 5.71 Å². The molecular weight excluding hydrogens is 146 g/mol. The molecule has 62 valence electrons. The highest BCUT2D eigenvalue weighted by Gasteiger charge is 2.00. The van der Waals surface area contributed by atoms with E-state index in [1.165, 1.54) is 0 Å². The predicted octanol–water partition coefficient (Wildman–Crippen LogP) is 2.69. The monoisotopic (exact) mass is 159 g/mol. The van der Waals surface area contributed by atoms with Crippen LogP contribution in [-0.2, 0) is 0 Å². The summed E-state index contributed by atoms with van der Waals surface area (Å²) in [5, 5.41) is 0. The van der Waals surface area contributed by atoms with Gasteiger partial charge in [0.15, 0.2) is 0 Å². The average molecular weight is 159 g/mol. The van der Waals surface area contributed by atoms with Crippen molar-refractivity contribution in [1.29, 1.82) is 0 Å². The zero-order valence-corrected chi connectivity index (χ0v) is 7.38. The molecule has 0 aromatic rings. The molecule has 12 heavy (non-hydrogen) atoms. The number of hydrogen-bond acceptors (Lipinski definition) is 1. The van der Waals surface area contributed by atoms with Gasteiger partial charge < -0.3 is 0 Å². The van der Waals surface area contributed by atoms with E-state index in [-0.39, 0.29) is 0 Å². The van der Waals surface area contributed by atoms with Crippen LogP contribution in [0.2, 0.25) is 0 Å². The average Bonchev–Trinajstić information content (AvgIpc) is 2.12. The van der Waals surface area contributed by atoms with Crippen molar-refractivity contribution in [3.8, 4) is 0 Å². The maximum atomic E-state index is 4.30. The lowest BCUT2D eigenvalue weighted by atomic mass is 10.1. The smallest absolute Gasteiger partial charge is 0.0576 e. The summed E-state index contributed by atoms with van der Waals surface area (Å²) in [7, 11) is 0. The van der Waals surface area contributed by atoms with E-state index in [1.807, 2.05) is 31.2 Å². The Morgan fingerprint density at radius 3 is 2.83 bits per heavy atom. The van der Waals surface area contributed by atoms with Crippen LogP contribution in [0.5, 0.6) is 0 Å². The number of allylic oxidation sites excluding steroid dienone is 5. The molecular formula is C11H13N. The summed E-state index contributed by atoms with van der Waals surface area (Å²) >= 11 is 0. The van der Waals surface area contributed by atoms with Gasteiger partial charge in [-0.15, -0.1) is 0 Å². The molecule has 0 aromatic carbocycles. The fraction of sp³-hybridized carbons (Fsp3) is 0.182. The second-order valence-corrected chi connectivity index (χ2v) is 2.72. The van der Waals surface area contributed by atoms with Gasteiger partial charge in [0.25, 0.3) is 0 Å². The molecule has 1 aliphatic heterocycles. The maximum Gasteiger partial charge on any atom is 0.0576 e. The molecule has 1 heteroatoms. The van der Waals surface area contributed by atoms with Crippen LogP contribution < -0.4 is 0 Å². The fourth-order valence-electron chi connectivity index (χ4n) is 0.929. The summed E-state index contributed by atoms with van der Waals surface area (Å²) in [6.07, 6.45) is 7.89. The topological polar surface area (TPSA) is 12.4 Å². The molecule has 0 fully saturated rings. The number of hydrogen-bond donors (Lipinski definition) is 0. The van der Waals surface area contributed by atoms with E-state index < -0.39 is 0 Å². The maximum absolute atomic E-state index is 4.30. The first-order chi connectivity index (χ1) is 5.72. The van der Waals surface area contributed by atoms with E-state index in [0.29, 0.717) is 0 Å². The largest absolute Gasteiger partial charge is 0.285 e. The third-order valence-corrected chi connectivity index (χ3v) is 1.80. The highest BCUT2D eigenvalue weighted by molar-refractivity contribution is 6.02. The molecule has 1 heterocycles. The fourth-order valence-corrected chi connectivity index (χ4v) is 0.929. The van der Waals surface area contributed by atoms with Crippen LogP contribution in [0.15, 0.2) is 53.6 Å².